The number of anilines is 1. The van der Waals surface area contributed by atoms with Gasteiger partial charge in [-0.05, 0) is 44.6 Å². The first-order valence-electron chi connectivity index (χ1n) is 6.75. The Kier molecular flexibility index (Phi) is 4.28. The van der Waals surface area contributed by atoms with Crippen LogP contribution >= 0.6 is 0 Å². The molecule has 1 saturated carbocycles. The standard InChI is InChI=1S/C14H22N2O2/c1-3-17-14-12(15)8-9-13(16-14)18-11-6-4-10(2)5-7-11/h8-11H,3-7,15H2,1-2H3. The Morgan fingerprint density at radius 3 is 2.67 bits per heavy atom. The van der Waals surface area contributed by atoms with Crippen LogP contribution in [0, 0.1) is 5.92 Å². The zero-order valence-corrected chi connectivity index (χ0v) is 11.2. The molecule has 0 aliphatic heterocycles. The molecule has 0 radical (unpaired) electrons. The van der Waals surface area contributed by atoms with Crippen LogP contribution in [0.3, 0.4) is 0 Å². The molecular weight excluding hydrogens is 228 g/mol. The minimum atomic E-state index is 0.284. The molecule has 100 valence electrons. The Balaban J connectivity index is 1.98. The normalized spacial score (nSPS) is 23.7. The molecular formula is C14H22N2O2. The number of nitrogens with two attached hydrogens (primary N) is 1. The van der Waals surface area contributed by atoms with Crippen molar-refractivity contribution in [3.05, 3.63) is 12.1 Å². The lowest BCUT2D eigenvalue weighted by Crippen LogP contribution is -2.23. The van der Waals surface area contributed by atoms with Gasteiger partial charge in [0.1, 0.15) is 6.10 Å². The summed E-state index contributed by atoms with van der Waals surface area (Å²) in [6, 6.07) is 3.61. The van der Waals surface area contributed by atoms with Gasteiger partial charge in [0.25, 0.3) is 0 Å². The molecule has 2 rings (SSSR count). The lowest BCUT2D eigenvalue weighted by Gasteiger charge is -2.26. The molecule has 1 fully saturated rings. The first-order chi connectivity index (χ1) is 8.69. The van der Waals surface area contributed by atoms with Crippen molar-refractivity contribution in [2.24, 2.45) is 5.92 Å². The highest BCUT2D eigenvalue weighted by atomic mass is 16.5. The van der Waals surface area contributed by atoms with E-state index in [1.165, 1.54) is 12.8 Å². The van der Waals surface area contributed by atoms with Gasteiger partial charge in [-0.25, -0.2) is 0 Å². The predicted octanol–water partition coefficient (Wildman–Crippen LogP) is 3.02. The van der Waals surface area contributed by atoms with Crippen molar-refractivity contribution in [1.82, 2.24) is 4.98 Å². The van der Waals surface area contributed by atoms with Crippen LogP contribution in [0.4, 0.5) is 5.69 Å². The summed E-state index contributed by atoms with van der Waals surface area (Å²) in [6.07, 6.45) is 4.97. The van der Waals surface area contributed by atoms with Gasteiger partial charge in [0.05, 0.1) is 12.3 Å². The molecule has 0 spiro atoms. The molecule has 1 heterocycles. The van der Waals surface area contributed by atoms with E-state index < -0.39 is 0 Å². The van der Waals surface area contributed by atoms with Crippen molar-refractivity contribution in [2.45, 2.75) is 45.6 Å². The van der Waals surface area contributed by atoms with Gasteiger partial charge in [0.15, 0.2) is 0 Å². The van der Waals surface area contributed by atoms with E-state index in [4.69, 9.17) is 15.2 Å². The van der Waals surface area contributed by atoms with Crippen molar-refractivity contribution in [3.63, 3.8) is 0 Å². The number of hydrogen-bond acceptors (Lipinski definition) is 4. The van der Waals surface area contributed by atoms with Crippen molar-refractivity contribution >= 4 is 5.69 Å². The van der Waals surface area contributed by atoms with E-state index in [-0.39, 0.29) is 6.10 Å². The Morgan fingerprint density at radius 1 is 1.28 bits per heavy atom. The molecule has 2 N–H and O–H groups in total. The smallest absolute Gasteiger partial charge is 0.240 e. The summed E-state index contributed by atoms with van der Waals surface area (Å²) in [5.74, 6) is 1.91. The molecule has 0 unspecified atom stereocenters. The Hall–Kier alpha value is -1.45. The Labute approximate surface area is 108 Å². The second-order valence-corrected chi connectivity index (χ2v) is 4.98. The highest BCUT2D eigenvalue weighted by molar-refractivity contribution is 5.49. The van der Waals surface area contributed by atoms with Crippen molar-refractivity contribution in [1.29, 1.82) is 0 Å². The maximum Gasteiger partial charge on any atom is 0.240 e. The molecule has 0 atom stereocenters. The van der Waals surface area contributed by atoms with Gasteiger partial charge in [0.2, 0.25) is 11.8 Å². The third-order valence-electron chi connectivity index (χ3n) is 3.40. The van der Waals surface area contributed by atoms with Crippen LogP contribution < -0.4 is 15.2 Å². The van der Waals surface area contributed by atoms with Gasteiger partial charge in [0, 0.05) is 6.07 Å². The van der Waals surface area contributed by atoms with Gasteiger partial charge in [-0.3, -0.25) is 0 Å². The summed E-state index contributed by atoms with van der Waals surface area (Å²) in [5, 5.41) is 0. The van der Waals surface area contributed by atoms with E-state index in [9.17, 15) is 0 Å². The lowest BCUT2D eigenvalue weighted by atomic mass is 9.89. The largest absolute Gasteiger partial charge is 0.476 e. The van der Waals surface area contributed by atoms with Crippen molar-refractivity contribution in [2.75, 3.05) is 12.3 Å². The molecule has 4 nitrogen and oxygen atoms in total. The van der Waals surface area contributed by atoms with E-state index in [1.807, 2.05) is 13.0 Å². The molecule has 18 heavy (non-hydrogen) atoms. The monoisotopic (exact) mass is 250 g/mol. The molecule has 1 aromatic rings. The number of ether oxygens (including phenoxy) is 2. The average Bonchev–Trinajstić information content (AvgIpc) is 2.37. The second kappa shape index (κ2) is 5.94. The van der Waals surface area contributed by atoms with E-state index in [0.29, 0.717) is 24.1 Å². The third kappa shape index (κ3) is 3.28. The summed E-state index contributed by atoms with van der Waals surface area (Å²) < 4.78 is 11.3. The zero-order valence-electron chi connectivity index (χ0n) is 11.2. The Morgan fingerprint density at radius 2 is 2.00 bits per heavy atom. The van der Waals surface area contributed by atoms with Gasteiger partial charge in [-0.1, -0.05) is 6.92 Å². The molecule has 0 aromatic carbocycles. The van der Waals surface area contributed by atoms with E-state index in [1.54, 1.807) is 6.07 Å². The quantitative estimate of drug-likeness (QED) is 0.892. The van der Waals surface area contributed by atoms with E-state index in [2.05, 4.69) is 11.9 Å². The summed E-state index contributed by atoms with van der Waals surface area (Å²) in [5.41, 5.74) is 6.34. The Bertz CT molecular complexity index is 387. The van der Waals surface area contributed by atoms with E-state index in [0.717, 1.165) is 18.8 Å². The summed E-state index contributed by atoms with van der Waals surface area (Å²) in [7, 11) is 0. The fraction of sp³-hybridized carbons (Fsp3) is 0.643. The highest BCUT2D eigenvalue weighted by Gasteiger charge is 2.20. The molecule has 1 aromatic heterocycles. The summed E-state index contributed by atoms with van der Waals surface area (Å²) >= 11 is 0. The molecule has 0 saturated heterocycles. The van der Waals surface area contributed by atoms with Crippen LogP contribution in [0.25, 0.3) is 0 Å². The molecule has 0 amide bonds. The van der Waals surface area contributed by atoms with Crippen LogP contribution in [0.2, 0.25) is 0 Å². The van der Waals surface area contributed by atoms with Crippen LogP contribution in [-0.4, -0.2) is 17.7 Å². The average molecular weight is 250 g/mol. The molecule has 1 aliphatic carbocycles. The highest BCUT2D eigenvalue weighted by Crippen LogP contribution is 2.28. The van der Waals surface area contributed by atoms with Gasteiger partial charge >= 0.3 is 0 Å². The maximum atomic E-state index is 5.90. The first-order valence-corrected chi connectivity index (χ1v) is 6.75. The van der Waals surface area contributed by atoms with Crippen molar-refractivity contribution in [3.8, 4) is 11.8 Å². The fourth-order valence-corrected chi connectivity index (χ4v) is 2.27. The minimum Gasteiger partial charge on any atom is -0.476 e. The third-order valence-corrected chi connectivity index (χ3v) is 3.40. The predicted molar refractivity (Wildman–Crippen MR) is 71.9 cm³/mol. The number of aromatic nitrogens is 1. The number of pyridine rings is 1. The van der Waals surface area contributed by atoms with Gasteiger partial charge in [-0.2, -0.15) is 4.98 Å². The number of hydrogen-bond donors (Lipinski definition) is 1. The van der Waals surface area contributed by atoms with Crippen LogP contribution in [-0.2, 0) is 0 Å². The number of nitrogens with zero attached hydrogens (tertiary/aromatic N) is 1. The van der Waals surface area contributed by atoms with Gasteiger partial charge < -0.3 is 15.2 Å². The van der Waals surface area contributed by atoms with Gasteiger partial charge in [-0.15, -0.1) is 0 Å². The topological polar surface area (TPSA) is 57.4 Å². The summed E-state index contributed by atoms with van der Waals surface area (Å²) in [6.45, 7) is 4.77. The van der Waals surface area contributed by atoms with Crippen molar-refractivity contribution < 1.29 is 9.47 Å². The lowest BCUT2D eigenvalue weighted by molar-refractivity contribution is 0.129. The summed E-state index contributed by atoms with van der Waals surface area (Å²) in [4.78, 5) is 4.31. The van der Waals surface area contributed by atoms with E-state index >= 15 is 0 Å². The first kappa shape index (κ1) is 13.0. The SMILES string of the molecule is CCOc1nc(OC2CCC(C)CC2)ccc1N. The van der Waals surface area contributed by atoms with Crippen LogP contribution in [0.1, 0.15) is 39.5 Å². The van der Waals surface area contributed by atoms with Crippen LogP contribution in [0.5, 0.6) is 11.8 Å². The fourth-order valence-electron chi connectivity index (χ4n) is 2.27. The minimum absolute atomic E-state index is 0.284. The number of nitrogen functional groups attached to an aromatic ring is 1. The molecule has 4 heteroatoms. The maximum absolute atomic E-state index is 5.90. The second-order valence-electron chi connectivity index (χ2n) is 4.98. The number of rotatable bonds is 4. The molecule has 1 aliphatic rings. The molecule has 0 bridgehead atoms. The van der Waals surface area contributed by atoms with Crippen LogP contribution in [0.15, 0.2) is 12.1 Å². The zero-order chi connectivity index (χ0) is 13.0.